The molecule has 0 amide bonds. The van der Waals surface area contributed by atoms with Crippen LogP contribution in [0.4, 0.5) is 0 Å². The van der Waals surface area contributed by atoms with Crippen molar-refractivity contribution >= 4 is 15.9 Å². The van der Waals surface area contributed by atoms with Gasteiger partial charge in [-0.15, -0.1) is 0 Å². The summed E-state index contributed by atoms with van der Waals surface area (Å²) < 4.78 is 65.5. The number of ether oxygens (including phenoxy) is 12. The SMILES string of the molecule is CCCCCCCOCCOCCOCCOCCOCCOCCOCCOCCOCCOCCOCCOCCBr. The zero-order valence-corrected chi connectivity index (χ0v) is 29.1. The third kappa shape index (κ3) is 42.0. The van der Waals surface area contributed by atoms with E-state index in [1.54, 1.807) is 0 Å². The minimum absolute atomic E-state index is 0.520. The van der Waals surface area contributed by atoms with E-state index in [1.165, 1.54) is 25.7 Å². The van der Waals surface area contributed by atoms with Crippen LogP contribution in [0.2, 0.25) is 0 Å². The largest absolute Gasteiger partial charge is 0.379 e. The van der Waals surface area contributed by atoms with Crippen LogP contribution in [0.15, 0.2) is 0 Å². The van der Waals surface area contributed by atoms with Crippen molar-refractivity contribution in [3.63, 3.8) is 0 Å². The fourth-order valence-electron chi connectivity index (χ4n) is 3.38. The number of halogens is 1. The highest BCUT2D eigenvalue weighted by atomic mass is 79.9. The lowest BCUT2D eigenvalue weighted by atomic mass is 10.2. The lowest BCUT2D eigenvalue weighted by molar-refractivity contribution is -0.0282. The second kappa shape index (κ2) is 43.0. The van der Waals surface area contributed by atoms with E-state index in [4.69, 9.17) is 56.8 Å². The van der Waals surface area contributed by atoms with Gasteiger partial charge in [0.25, 0.3) is 0 Å². The van der Waals surface area contributed by atoms with Gasteiger partial charge in [-0.1, -0.05) is 48.5 Å². The molecule has 0 unspecified atom stereocenters. The summed E-state index contributed by atoms with van der Waals surface area (Å²) >= 11 is 3.30. The molecular weight excluding hydrogens is 644 g/mol. The molecule has 0 radical (unpaired) electrons. The van der Waals surface area contributed by atoms with Crippen LogP contribution < -0.4 is 0 Å². The molecule has 0 N–H and O–H groups in total. The van der Waals surface area contributed by atoms with E-state index in [-0.39, 0.29) is 0 Å². The van der Waals surface area contributed by atoms with Gasteiger partial charge in [0.05, 0.1) is 152 Å². The Kier molecular flexibility index (Phi) is 43.0. The van der Waals surface area contributed by atoms with E-state index in [0.29, 0.717) is 152 Å². The van der Waals surface area contributed by atoms with Gasteiger partial charge in [-0.2, -0.15) is 0 Å². The molecule has 44 heavy (non-hydrogen) atoms. The Morgan fingerprint density at radius 3 is 0.682 bits per heavy atom. The minimum atomic E-state index is 0.520. The molecule has 0 aliphatic heterocycles. The molecule has 0 saturated carbocycles. The van der Waals surface area contributed by atoms with Crippen LogP contribution in [-0.2, 0) is 56.8 Å². The van der Waals surface area contributed by atoms with E-state index >= 15 is 0 Å². The molecule has 0 spiro atoms. The topological polar surface area (TPSA) is 111 Å². The first-order valence-electron chi connectivity index (χ1n) is 16.4. The molecule has 0 aliphatic carbocycles. The number of unbranched alkanes of at least 4 members (excludes halogenated alkanes) is 4. The second-order valence-electron chi connectivity index (χ2n) is 9.45. The summed E-state index contributed by atoms with van der Waals surface area (Å²) in [6, 6.07) is 0. The molecular formula is C31H63BrO12. The van der Waals surface area contributed by atoms with Crippen molar-refractivity contribution in [3.8, 4) is 0 Å². The third-order valence-corrected chi connectivity index (χ3v) is 6.03. The fourth-order valence-corrected chi connectivity index (χ4v) is 3.61. The van der Waals surface area contributed by atoms with Crippen LogP contribution >= 0.6 is 15.9 Å². The molecule has 0 heterocycles. The molecule has 13 heteroatoms. The Balaban J connectivity index is 3.03. The summed E-state index contributed by atoms with van der Waals surface area (Å²) in [4.78, 5) is 0. The summed E-state index contributed by atoms with van der Waals surface area (Å²) in [6.45, 7) is 15.8. The molecule has 0 saturated heterocycles. The third-order valence-electron chi connectivity index (χ3n) is 5.71. The highest BCUT2D eigenvalue weighted by Crippen LogP contribution is 2.02. The average molecular weight is 708 g/mol. The van der Waals surface area contributed by atoms with Crippen molar-refractivity contribution in [2.45, 2.75) is 39.0 Å². The predicted octanol–water partition coefficient (Wildman–Crippen LogP) is 3.55. The van der Waals surface area contributed by atoms with E-state index < -0.39 is 0 Å². The van der Waals surface area contributed by atoms with Crippen molar-refractivity contribution in [2.24, 2.45) is 0 Å². The van der Waals surface area contributed by atoms with E-state index in [9.17, 15) is 0 Å². The van der Waals surface area contributed by atoms with Crippen LogP contribution in [0.1, 0.15) is 39.0 Å². The Labute approximate surface area is 275 Å². The quantitative estimate of drug-likeness (QED) is 0.0685. The predicted molar refractivity (Wildman–Crippen MR) is 172 cm³/mol. The smallest absolute Gasteiger partial charge is 0.0701 e. The molecule has 0 rings (SSSR count). The zero-order valence-electron chi connectivity index (χ0n) is 27.5. The standard InChI is InChI=1S/C31H63BrO12/c1-2-3-4-5-6-8-33-10-12-35-14-16-37-18-20-39-22-24-41-26-28-43-30-31-44-29-27-42-25-23-40-21-19-38-17-15-36-13-11-34-9-7-32/h2-31H2,1H3. The molecule has 266 valence electrons. The number of alkyl halides is 1. The number of rotatable bonds is 41. The van der Waals surface area contributed by atoms with Crippen molar-refractivity contribution in [3.05, 3.63) is 0 Å². The second-order valence-corrected chi connectivity index (χ2v) is 10.2. The Hall–Kier alpha value is 0.0000000000000000555. The van der Waals surface area contributed by atoms with Gasteiger partial charge in [-0.05, 0) is 6.42 Å². The zero-order chi connectivity index (χ0) is 31.7. The normalized spacial score (nSPS) is 11.6. The number of hydrogen-bond donors (Lipinski definition) is 0. The number of hydrogen-bond acceptors (Lipinski definition) is 12. The monoisotopic (exact) mass is 706 g/mol. The van der Waals surface area contributed by atoms with Crippen LogP contribution in [0.3, 0.4) is 0 Å². The van der Waals surface area contributed by atoms with Crippen LogP contribution in [0.25, 0.3) is 0 Å². The van der Waals surface area contributed by atoms with E-state index in [2.05, 4.69) is 22.9 Å². The van der Waals surface area contributed by atoms with Crippen LogP contribution in [0, 0.1) is 0 Å². The van der Waals surface area contributed by atoms with Gasteiger partial charge in [-0.3, -0.25) is 0 Å². The van der Waals surface area contributed by atoms with Crippen molar-refractivity contribution in [1.82, 2.24) is 0 Å². The molecule has 12 nitrogen and oxygen atoms in total. The van der Waals surface area contributed by atoms with Crippen molar-refractivity contribution < 1.29 is 56.8 Å². The Morgan fingerprint density at radius 1 is 0.250 bits per heavy atom. The first-order valence-corrected chi connectivity index (χ1v) is 17.5. The van der Waals surface area contributed by atoms with Gasteiger partial charge in [0.2, 0.25) is 0 Å². The molecule has 0 bridgehead atoms. The molecule has 0 fully saturated rings. The first kappa shape index (κ1) is 44.0. The van der Waals surface area contributed by atoms with Gasteiger partial charge in [0.1, 0.15) is 0 Å². The Morgan fingerprint density at radius 2 is 0.455 bits per heavy atom. The van der Waals surface area contributed by atoms with Gasteiger partial charge in [-0.25, -0.2) is 0 Å². The lowest BCUT2D eigenvalue weighted by Gasteiger charge is -2.09. The highest BCUT2D eigenvalue weighted by molar-refractivity contribution is 9.09. The van der Waals surface area contributed by atoms with Crippen molar-refractivity contribution in [2.75, 3.05) is 164 Å². The van der Waals surface area contributed by atoms with Crippen LogP contribution in [0.5, 0.6) is 0 Å². The van der Waals surface area contributed by atoms with E-state index in [0.717, 1.165) is 18.4 Å². The molecule has 0 aliphatic rings. The van der Waals surface area contributed by atoms with E-state index in [1.807, 2.05) is 0 Å². The van der Waals surface area contributed by atoms with Gasteiger partial charge in [0.15, 0.2) is 0 Å². The molecule has 0 aromatic heterocycles. The molecule has 0 atom stereocenters. The Bertz CT molecular complexity index is 455. The fraction of sp³-hybridized carbons (Fsp3) is 1.00. The first-order chi connectivity index (χ1) is 21.9. The molecule has 0 aromatic carbocycles. The average Bonchev–Trinajstić information content (AvgIpc) is 3.04. The van der Waals surface area contributed by atoms with Gasteiger partial charge >= 0.3 is 0 Å². The summed E-state index contributed by atoms with van der Waals surface area (Å²) in [6.07, 6.45) is 6.28. The highest BCUT2D eigenvalue weighted by Gasteiger charge is 1.97. The minimum Gasteiger partial charge on any atom is -0.379 e. The maximum Gasteiger partial charge on any atom is 0.0701 e. The van der Waals surface area contributed by atoms with Crippen molar-refractivity contribution in [1.29, 1.82) is 0 Å². The van der Waals surface area contributed by atoms with Gasteiger partial charge < -0.3 is 56.8 Å². The maximum absolute atomic E-state index is 5.56. The maximum atomic E-state index is 5.56. The summed E-state index contributed by atoms with van der Waals surface area (Å²) in [7, 11) is 0. The lowest BCUT2D eigenvalue weighted by Crippen LogP contribution is -2.15. The molecule has 0 aromatic rings. The summed E-state index contributed by atoms with van der Waals surface area (Å²) in [5, 5.41) is 0.839. The van der Waals surface area contributed by atoms with Gasteiger partial charge in [0, 0.05) is 11.9 Å². The summed E-state index contributed by atoms with van der Waals surface area (Å²) in [5.74, 6) is 0. The van der Waals surface area contributed by atoms with Crippen LogP contribution in [-0.4, -0.2) is 164 Å². The summed E-state index contributed by atoms with van der Waals surface area (Å²) in [5.41, 5.74) is 0.